The summed E-state index contributed by atoms with van der Waals surface area (Å²) in [6.45, 7) is 2.84. The third-order valence-electron chi connectivity index (χ3n) is 3.57. The Kier molecular flexibility index (Phi) is 8.76. The van der Waals surface area contributed by atoms with Crippen molar-refractivity contribution >= 4 is 51.1 Å². The number of nitrogens with zero attached hydrogens (tertiary/aromatic N) is 2. The average Bonchev–Trinajstić information content (AvgIpc) is 3.02. The second-order valence-electron chi connectivity index (χ2n) is 5.58. The largest absolute Gasteiger partial charge is 0.356 e. The normalized spacial score (nSPS) is 20.1. The number of rotatable bonds is 6. The molecule has 0 aromatic carbocycles. The van der Waals surface area contributed by atoms with Crippen molar-refractivity contribution in [2.45, 2.75) is 38.6 Å². The zero-order chi connectivity index (χ0) is 16.0. The lowest BCUT2D eigenvalue weighted by Gasteiger charge is -2.15. The van der Waals surface area contributed by atoms with Gasteiger partial charge in [-0.1, -0.05) is 0 Å². The Morgan fingerprint density at radius 2 is 2.26 bits per heavy atom. The highest BCUT2D eigenvalue weighted by molar-refractivity contribution is 14.0. The van der Waals surface area contributed by atoms with Crippen LogP contribution in [0.1, 0.15) is 30.0 Å². The predicted molar refractivity (Wildman–Crippen MR) is 107 cm³/mol. The molecule has 9 heteroatoms. The minimum atomic E-state index is -2.86. The highest BCUT2D eigenvalue weighted by Crippen LogP contribution is 2.12. The number of halogens is 1. The number of hydrogen-bond donors (Lipinski definition) is 2. The average molecular weight is 472 g/mol. The molecule has 1 aliphatic heterocycles. The molecule has 1 aromatic heterocycles. The quantitative estimate of drug-likeness (QED) is 0.285. The lowest BCUT2D eigenvalue weighted by Crippen LogP contribution is -2.44. The fourth-order valence-corrected chi connectivity index (χ4v) is 4.91. The number of aliphatic imine (C=N–C) groups is 1. The molecule has 6 nitrogen and oxygen atoms in total. The van der Waals surface area contributed by atoms with E-state index in [1.165, 1.54) is 5.01 Å². The van der Waals surface area contributed by atoms with Gasteiger partial charge in [0.05, 0.1) is 16.5 Å². The number of thiazole rings is 1. The molecule has 0 radical (unpaired) electrons. The van der Waals surface area contributed by atoms with E-state index in [-0.39, 0.29) is 41.5 Å². The minimum absolute atomic E-state index is 0. The molecule has 1 aromatic rings. The molecule has 0 bridgehead atoms. The first-order valence-corrected chi connectivity index (χ1v) is 10.3. The van der Waals surface area contributed by atoms with Gasteiger partial charge in [-0.2, -0.15) is 0 Å². The van der Waals surface area contributed by atoms with Crippen LogP contribution in [-0.4, -0.2) is 50.5 Å². The topological polar surface area (TPSA) is 83.4 Å². The molecule has 1 saturated heterocycles. The summed E-state index contributed by atoms with van der Waals surface area (Å²) < 4.78 is 22.9. The fourth-order valence-electron chi connectivity index (χ4n) is 2.42. The molecule has 0 spiro atoms. The molecule has 2 N–H and O–H groups in total. The molecule has 23 heavy (non-hydrogen) atoms. The van der Waals surface area contributed by atoms with E-state index in [4.69, 9.17) is 0 Å². The van der Waals surface area contributed by atoms with Crippen LogP contribution in [0.15, 0.2) is 10.4 Å². The lowest BCUT2D eigenvalue weighted by molar-refractivity contribution is 0.599. The maximum atomic E-state index is 11.4. The molecule has 1 unspecified atom stereocenters. The van der Waals surface area contributed by atoms with Crippen molar-refractivity contribution in [2.24, 2.45) is 4.99 Å². The Bertz CT molecular complexity index is 616. The van der Waals surface area contributed by atoms with Crippen molar-refractivity contribution in [2.75, 3.05) is 25.1 Å². The minimum Gasteiger partial charge on any atom is -0.356 e. The van der Waals surface area contributed by atoms with Crippen LogP contribution in [0.3, 0.4) is 0 Å². The second-order valence-corrected chi connectivity index (χ2v) is 8.75. The molecule has 0 aliphatic carbocycles. The van der Waals surface area contributed by atoms with Crippen LogP contribution >= 0.6 is 35.3 Å². The maximum Gasteiger partial charge on any atom is 0.191 e. The van der Waals surface area contributed by atoms with Gasteiger partial charge in [0, 0.05) is 30.7 Å². The van der Waals surface area contributed by atoms with Gasteiger partial charge in [0.2, 0.25) is 0 Å². The molecular weight excluding hydrogens is 447 g/mol. The predicted octanol–water partition coefficient (Wildman–Crippen LogP) is 1.74. The van der Waals surface area contributed by atoms with E-state index in [2.05, 4.69) is 26.0 Å². The van der Waals surface area contributed by atoms with Gasteiger partial charge in [-0.05, 0) is 32.6 Å². The second kappa shape index (κ2) is 9.77. The number of aromatic nitrogens is 1. The Morgan fingerprint density at radius 3 is 2.83 bits per heavy atom. The van der Waals surface area contributed by atoms with Gasteiger partial charge in [0.15, 0.2) is 15.8 Å². The SMILES string of the molecule is CN=C(NCCCCc1nc(C)cs1)NC1CCS(=O)(=O)C1.I. The summed E-state index contributed by atoms with van der Waals surface area (Å²) in [5.41, 5.74) is 1.09. The van der Waals surface area contributed by atoms with E-state index in [0.29, 0.717) is 12.4 Å². The van der Waals surface area contributed by atoms with Crippen LogP contribution in [0.25, 0.3) is 0 Å². The highest BCUT2D eigenvalue weighted by atomic mass is 127. The van der Waals surface area contributed by atoms with E-state index >= 15 is 0 Å². The summed E-state index contributed by atoms with van der Waals surface area (Å²) in [4.78, 5) is 8.59. The van der Waals surface area contributed by atoms with Gasteiger partial charge in [-0.3, -0.25) is 4.99 Å². The number of unbranched alkanes of at least 4 members (excludes halogenated alkanes) is 1. The van der Waals surface area contributed by atoms with E-state index in [0.717, 1.165) is 31.5 Å². The third-order valence-corrected chi connectivity index (χ3v) is 6.37. The Morgan fingerprint density at radius 1 is 1.48 bits per heavy atom. The van der Waals surface area contributed by atoms with Crippen molar-refractivity contribution in [3.8, 4) is 0 Å². The molecule has 2 rings (SSSR count). The molecule has 2 heterocycles. The number of hydrogen-bond acceptors (Lipinski definition) is 5. The Labute approximate surface area is 159 Å². The van der Waals surface area contributed by atoms with E-state index in [1.54, 1.807) is 18.4 Å². The zero-order valence-corrected chi connectivity index (χ0v) is 17.5. The number of sulfone groups is 1. The molecule has 1 fully saturated rings. The van der Waals surface area contributed by atoms with Crippen molar-refractivity contribution in [3.05, 3.63) is 16.1 Å². The summed E-state index contributed by atoms with van der Waals surface area (Å²) in [6.07, 6.45) is 3.77. The number of aryl methyl sites for hydroxylation is 2. The van der Waals surface area contributed by atoms with Crippen LogP contribution in [0.2, 0.25) is 0 Å². The van der Waals surface area contributed by atoms with Crippen molar-refractivity contribution in [1.82, 2.24) is 15.6 Å². The Balaban J connectivity index is 0.00000264. The van der Waals surface area contributed by atoms with Gasteiger partial charge in [0.1, 0.15) is 0 Å². The summed E-state index contributed by atoms with van der Waals surface area (Å²) in [5.74, 6) is 1.17. The van der Waals surface area contributed by atoms with Crippen LogP contribution in [-0.2, 0) is 16.3 Å². The summed E-state index contributed by atoms with van der Waals surface area (Å²) >= 11 is 1.72. The number of nitrogens with one attached hydrogen (secondary N) is 2. The van der Waals surface area contributed by atoms with Crippen LogP contribution < -0.4 is 10.6 Å². The van der Waals surface area contributed by atoms with Gasteiger partial charge in [-0.15, -0.1) is 35.3 Å². The fraction of sp³-hybridized carbons (Fsp3) is 0.714. The maximum absolute atomic E-state index is 11.4. The molecule has 1 aliphatic rings. The van der Waals surface area contributed by atoms with Crippen molar-refractivity contribution in [3.63, 3.8) is 0 Å². The van der Waals surface area contributed by atoms with E-state index in [9.17, 15) is 8.42 Å². The summed E-state index contributed by atoms with van der Waals surface area (Å²) in [7, 11) is -1.15. The molecule has 132 valence electrons. The lowest BCUT2D eigenvalue weighted by atomic mass is 10.2. The van der Waals surface area contributed by atoms with E-state index in [1.807, 2.05) is 6.92 Å². The monoisotopic (exact) mass is 472 g/mol. The first kappa shape index (κ1) is 20.6. The molecule has 0 saturated carbocycles. The summed E-state index contributed by atoms with van der Waals surface area (Å²) in [6, 6.07) is -0.0190. The van der Waals surface area contributed by atoms with Crippen molar-refractivity contribution in [1.29, 1.82) is 0 Å². The van der Waals surface area contributed by atoms with Crippen LogP contribution in [0, 0.1) is 6.92 Å². The number of guanidine groups is 1. The van der Waals surface area contributed by atoms with E-state index < -0.39 is 9.84 Å². The van der Waals surface area contributed by atoms with Crippen molar-refractivity contribution < 1.29 is 8.42 Å². The van der Waals surface area contributed by atoms with Crippen LogP contribution in [0.4, 0.5) is 0 Å². The van der Waals surface area contributed by atoms with Crippen LogP contribution in [0.5, 0.6) is 0 Å². The standard InChI is InChI=1S/C14H24N4O2S2.HI/c1-11-9-21-13(17-11)5-3-4-7-16-14(15-2)18-12-6-8-22(19,20)10-12;/h9,12H,3-8,10H2,1-2H3,(H2,15,16,18);1H. The third kappa shape index (κ3) is 7.34. The van der Waals surface area contributed by atoms with Gasteiger partial charge < -0.3 is 10.6 Å². The van der Waals surface area contributed by atoms with Gasteiger partial charge >= 0.3 is 0 Å². The molecule has 0 amide bonds. The first-order valence-electron chi connectivity index (χ1n) is 7.57. The van der Waals surface area contributed by atoms with Gasteiger partial charge in [-0.25, -0.2) is 13.4 Å². The summed E-state index contributed by atoms with van der Waals surface area (Å²) in [5, 5.41) is 9.69. The zero-order valence-electron chi connectivity index (χ0n) is 13.5. The van der Waals surface area contributed by atoms with Gasteiger partial charge in [0.25, 0.3) is 0 Å². The molecule has 1 atom stereocenters. The smallest absolute Gasteiger partial charge is 0.191 e. The highest BCUT2D eigenvalue weighted by Gasteiger charge is 2.28. The Hall–Kier alpha value is -0.420. The first-order chi connectivity index (χ1) is 10.5. The molecular formula is C14H25IN4O2S2.